The van der Waals surface area contributed by atoms with Crippen LogP contribution in [-0.2, 0) is 9.53 Å². The van der Waals surface area contributed by atoms with Crippen LogP contribution in [0.5, 0.6) is 5.75 Å². The largest absolute Gasteiger partial charge is 0.469 e. The minimum atomic E-state index is -2.90. The first-order valence-electron chi connectivity index (χ1n) is 6.42. The van der Waals surface area contributed by atoms with Gasteiger partial charge in [0.2, 0.25) is 0 Å². The molecule has 6 heteroatoms. The monoisotopic (exact) mass is 287 g/mol. The van der Waals surface area contributed by atoms with Gasteiger partial charge in [-0.25, -0.2) is 0 Å². The molecule has 0 saturated carbocycles. The van der Waals surface area contributed by atoms with E-state index in [-0.39, 0.29) is 12.2 Å². The second kappa shape index (κ2) is 8.47. The first-order valence-corrected chi connectivity index (χ1v) is 6.42. The molecule has 1 rings (SSSR count). The number of hydrogen-bond donors (Lipinski definition) is 1. The van der Waals surface area contributed by atoms with E-state index in [1.165, 1.54) is 13.2 Å². The number of esters is 1. The topological polar surface area (TPSA) is 47.6 Å². The average molecular weight is 287 g/mol. The number of carbonyl (C=O) groups excluding carboxylic acids is 1. The third kappa shape index (κ3) is 5.13. The van der Waals surface area contributed by atoms with Crippen LogP contribution < -0.4 is 10.1 Å². The quantitative estimate of drug-likeness (QED) is 0.747. The summed E-state index contributed by atoms with van der Waals surface area (Å²) in [6, 6.07) is 6.02. The van der Waals surface area contributed by atoms with E-state index in [0.717, 1.165) is 6.42 Å². The molecule has 0 aliphatic rings. The fourth-order valence-electron chi connectivity index (χ4n) is 1.83. The number of halogens is 2. The van der Waals surface area contributed by atoms with Crippen molar-refractivity contribution < 1.29 is 23.0 Å². The molecule has 4 nitrogen and oxygen atoms in total. The second-order valence-corrected chi connectivity index (χ2v) is 4.20. The molecule has 1 unspecified atom stereocenters. The molecule has 0 aliphatic carbocycles. The maximum absolute atomic E-state index is 12.4. The Kier molecular flexibility index (Phi) is 6.93. The Labute approximate surface area is 117 Å². The van der Waals surface area contributed by atoms with E-state index in [4.69, 9.17) is 0 Å². The number of para-hydroxylation sites is 1. The van der Waals surface area contributed by atoms with Gasteiger partial charge in [0.1, 0.15) is 5.75 Å². The van der Waals surface area contributed by atoms with Gasteiger partial charge in [-0.2, -0.15) is 8.78 Å². The number of carbonyl (C=O) groups is 1. The summed E-state index contributed by atoms with van der Waals surface area (Å²) >= 11 is 0. The third-order valence-corrected chi connectivity index (χ3v) is 2.75. The van der Waals surface area contributed by atoms with Crippen molar-refractivity contribution in [2.75, 3.05) is 13.7 Å². The smallest absolute Gasteiger partial charge is 0.387 e. The summed E-state index contributed by atoms with van der Waals surface area (Å²) < 4.78 is 34.0. The molecule has 0 aromatic heterocycles. The predicted molar refractivity (Wildman–Crippen MR) is 70.7 cm³/mol. The van der Waals surface area contributed by atoms with E-state index >= 15 is 0 Å². The van der Waals surface area contributed by atoms with Crippen LogP contribution in [0.25, 0.3) is 0 Å². The Balaban J connectivity index is 2.96. The van der Waals surface area contributed by atoms with Crippen molar-refractivity contribution in [1.82, 2.24) is 5.32 Å². The van der Waals surface area contributed by atoms with Crippen molar-refractivity contribution in [2.24, 2.45) is 0 Å². The van der Waals surface area contributed by atoms with Crippen LogP contribution in [-0.4, -0.2) is 26.2 Å². The molecule has 1 atom stereocenters. The van der Waals surface area contributed by atoms with Crippen molar-refractivity contribution in [3.8, 4) is 5.75 Å². The molecule has 0 bridgehead atoms. The highest BCUT2D eigenvalue weighted by atomic mass is 19.3. The maximum Gasteiger partial charge on any atom is 0.387 e. The zero-order valence-electron chi connectivity index (χ0n) is 11.6. The van der Waals surface area contributed by atoms with Gasteiger partial charge >= 0.3 is 12.6 Å². The van der Waals surface area contributed by atoms with E-state index in [0.29, 0.717) is 12.1 Å². The van der Waals surface area contributed by atoms with Gasteiger partial charge in [0.15, 0.2) is 0 Å². The van der Waals surface area contributed by atoms with Crippen LogP contribution in [0.4, 0.5) is 8.78 Å². The number of alkyl halides is 2. The number of hydrogen-bond acceptors (Lipinski definition) is 4. The van der Waals surface area contributed by atoms with Gasteiger partial charge < -0.3 is 14.8 Å². The Morgan fingerprint density at radius 2 is 2.05 bits per heavy atom. The fraction of sp³-hybridized carbons (Fsp3) is 0.500. The second-order valence-electron chi connectivity index (χ2n) is 4.20. The van der Waals surface area contributed by atoms with Crippen LogP contribution in [0, 0.1) is 0 Å². The molecule has 0 radical (unpaired) electrons. The molecule has 112 valence electrons. The number of rotatable bonds is 8. The first kappa shape index (κ1) is 16.4. The van der Waals surface area contributed by atoms with E-state index < -0.39 is 18.6 Å². The van der Waals surface area contributed by atoms with Crippen molar-refractivity contribution in [3.63, 3.8) is 0 Å². The van der Waals surface area contributed by atoms with Crippen molar-refractivity contribution in [1.29, 1.82) is 0 Å². The molecule has 20 heavy (non-hydrogen) atoms. The standard InChI is InChI=1S/C14H19F2NO3/c1-3-8-17-11(9-13(18)19-2)10-6-4-5-7-12(10)20-14(15)16/h4-7,11,14,17H,3,8-9H2,1-2H3. The molecule has 1 N–H and O–H groups in total. The zero-order chi connectivity index (χ0) is 15.0. The van der Waals surface area contributed by atoms with Gasteiger partial charge in [0.25, 0.3) is 0 Å². The van der Waals surface area contributed by atoms with Crippen molar-refractivity contribution in [3.05, 3.63) is 29.8 Å². The minimum Gasteiger partial charge on any atom is -0.469 e. The van der Waals surface area contributed by atoms with E-state index in [1.807, 2.05) is 6.92 Å². The van der Waals surface area contributed by atoms with Gasteiger partial charge in [-0.15, -0.1) is 0 Å². The lowest BCUT2D eigenvalue weighted by Gasteiger charge is -2.20. The van der Waals surface area contributed by atoms with Crippen LogP contribution in [0.3, 0.4) is 0 Å². The molecule has 0 aliphatic heterocycles. The lowest BCUT2D eigenvalue weighted by Crippen LogP contribution is -2.26. The molecule has 0 saturated heterocycles. The molecule has 0 spiro atoms. The highest BCUT2D eigenvalue weighted by Gasteiger charge is 2.20. The summed E-state index contributed by atoms with van der Waals surface area (Å²) in [6.07, 6.45) is 0.912. The molecular formula is C14H19F2NO3. The van der Waals surface area contributed by atoms with Crippen LogP contribution in [0.1, 0.15) is 31.4 Å². The summed E-state index contributed by atoms with van der Waals surface area (Å²) in [5.41, 5.74) is 0.520. The third-order valence-electron chi connectivity index (χ3n) is 2.75. The number of benzene rings is 1. The van der Waals surface area contributed by atoms with Gasteiger partial charge in [0, 0.05) is 11.6 Å². The normalized spacial score (nSPS) is 12.2. The number of ether oxygens (including phenoxy) is 2. The Morgan fingerprint density at radius 1 is 1.35 bits per heavy atom. The molecular weight excluding hydrogens is 268 g/mol. The Morgan fingerprint density at radius 3 is 2.65 bits per heavy atom. The Hall–Kier alpha value is -1.69. The van der Waals surface area contributed by atoms with E-state index in [2.05, 4.69) is 14.8 Å². The van der Waals surface area contributed by atoms with E-state index in [1.54, 1.807) is 18.2 Å². The summed E-state index contributed by atoms with van der Waals surface area (Å²) in [5.74, 6) is -0.342. The van der Waals surface area contributed by atoms with Gasteiger partial charge in [-0.3, -0.25) is 4.79 Å². The van der Waals surface area contributed by atoms with Crippen molar-refractivity contribution in [2.45, 2.75) is 32.4 Å². The molecule has 0 fully saturated rings. The maximum atomic E-state index is 12.4. The number of methoxy groups -OCH3 is 1. The Bertz CT molecular complexity index is 427. The van der Waals surface area contributed by atoms with Gasteiger partial charge in [0.05, 0.1) is 13.5 Å². The lowest BCUT2D eigenvalue weighted by molar-refractivity contribution is -0.141. The summed E-state index contributed by atoms with van der Waals surface area (Å²) in [5, 5.41) is 3.14. The average Bonchev–Trinajstić information content (AvgIpc) is 2.43. The summed E-state index contributed by atoms with van der Waals surface area (Å²) in [7, 11) is 1.29. The van der Waals surface area contributed by atoms with E-state index in [9.17, 15) is 13.6 Å². The first-order chi connectivity index (χ1) is 9.58. The van der Waals surface area contributed by atoms with Gasteiger partial charge in [-0.05, 0) is 19.0 Å². The molecule has 0 heterocycles. The SMILES string of the molecule is CCCNC(CC(=O)OC)c1ccccc1OC(F)F. The van der Waals surface area contributed by atoms with Crippen LogP contribution >= 0.6 is 0 Å². The summed E-state index contributed by atoms with van der Waals surface area (Å²) in [4.78, 5) is 11.4. The minimum absolute atomic E-state index is 0.0557. The molecule has 0 amide bonds. The van der Waals surface area contributed by atoms with Gasteiger partial charge in [-0.1, -0.05) is 25.1 Å². The summed E-state index contributed by atoms with van der Waals surface area (Å²) in [6.45, 7) is -0.268. The van der Waals surface area contributed by atoms with Crippen molar-refractivity contribution >= 4 is 5.97 Å². The fourth-order valence-corrected chi connectivity index (χ4v) is 1.83. The van der Waals surface area contributed by atoms with Crippen LogP contribution in [0.2, 0.25) is 0 Å². The highest BCUT2D eigenvalue weighted by molar-refractivity contribution is 5.70. The molecule has 1 aromatic carbocycles. The van der Waals surface area contributed by atoms with Crippen LogP contribution in [0.15, 0.2) is 24.3 Å². The zero-order valence-corrected chi connectivity index (χ0v) is 11.6. The number of nitrogens with one attached hydrogen (secondary N) is 1. The predicted octanol–water partition coefficient (Wildman–Crippen LogP) is 2.89. The highest BCUT2D eigenvalue weighted by Crippen LogP contribution is 2.28. The molecule has 1 aromatic rings. The lowest BCUT2D eigenvalue weighted by atomic mass is 10.0.